The number of phenols is 1. The fraction of sp³-hybridized carbons (Fsp3) is 0.118. The highest BCUT2D eigenvalue weighted by Crippen LogP contribution is 2.37. The number of aromatic hydroxyl groups is 1. The Labute approximate surface area is 128 Å². The van der Waals surface area contributed by atoms with Gasteiger partial charge in [-0.2, -0.15) is 0 Å². The fourth-order valence-electron chi connectivity index (χ4n) is 2.59. The molecule has 2 N–H and O–H groups in total. The third-order valence-electron chi connectivity index (χ3n) is 3.69. The van der Waals surface area contributed by atoms with Crippen molar-refractivity contribution in [2.24, 2.45) is 0 Å². The second-order valence-corrected chi connectivity index (χ2v) is 5.07. The van der Waals surface area contributed by atoms with E-state index in [1.807, 2.05) is 0 Å². The number of carbonyl (C=O) groups excluding carboxylic acids is 1. The molecule has 2 aromatic carbocycles. The summed E-state index contributed by atoms with van der Waals surface area (Å²) in [5, 5.41) is 26.0. The maximum absolute atomic E-state index is 12.3. The predicted molar refractivity (Wildman–Crippen MR) is 84.4 cm³/mol. The van der Waals surface area contributed by atoms with Crippen molar-refractivity contribution in [3.63, 3.8) is 0 Å². The first-order valence-corrected chi connectivity index (χ1v) is 6.91. The molecule has 1 amide bonds. The van der Waals surface area contributed by atoms with Crippen molar-refractivity contribution >= 4 is 11.6 Å². The van der Waals surface area contributed by atoms with E-state index < -0.39 is 12.1 Å². The van der Waals surface area contributed by atoms with Gasteiger partial charge in [0.25, 0.3) is 0 Å². The SMILES string of the molecule is C=CCc1cccc(C2Nc3ccccc3C(=O)N2[O-])c1O. The van der Waals surface area contributed by atoms with Gasteiger partial charge >= 0.3 is 0 Å². The molecule has 112 valence electrons. The minimum absolute atomic E-state index is 0.00734. The Bertz CT molecular complexity index is 742. The summed E-state index contributed by atoms with van der Waals surface area (Å²) < 4.78 is 0. The number of fused-ring (bicyclic) bond motifs is 1. The van der Waals surface area contributed by atoms with Crippen LogP contribution in [0.25, 0.3) is 0 Å². The summed E-state index contributed by atoms with van der Waals surface area (Å²) in [5.74, 6) is -0.610. The molecule has 5 heteroatoms. The highest BCUT2D eigenvalue weighted by Gasteiger charge is 2.28. The van der Waals surface area contributed by atoms with Crippen LogP contribution >= 0.6 is 0 Å². The van der Waals surface area contributed by atoms with Crippen molar-refractivity contribution in [3.05, 3.63) is 77.0 Å². The summed E-state index contributed by atoms with van der Waals surface area (Å²) in [4.78, 5) is 12.2. The number of allylic oxidation sites excluding steroid dienone is 1. The number of rotatable bonds is 3. The number of nitrogens with zero attached hydrogens (tertiary/aromatic N) is 1. The van der Waals surface area contributed by atoms with Gasteiger partial charge in [-0.25, -0.2) is 0 Å². The molecule has 1 atom stereocenters. The van der Waals surface area contributed by atoms with Crippen molar-refractivity contribution in [3.8, 4) is 5.75 Å². The van der Waals surface area contributed by atoms with Gasteiger partial charge in [0.05, 0.1) is 5.56 Å². The average molecular weight is 295 g/mol. The van der Waals surface area contributed by atoms with E-state index in [-0.39, 0.29) is 5.75 Å². The van der Waals surface area contributed by atoms with Crippen molar-refractivity contribution in [2.45, 2.75) is 12.6 Å². The molecule has 22 heavy (non-hydrogen) atoms. The minimum Gasteiger partial charge on any atom is -0.754 e. The number of benzene rings is 2. The van der Waals surface area contributed by atoms with Crippen molar-refractivity contribution in [2.75, 3.05) is 5.32 Å². The maximum Gasteiger partial charge on any atom is 0.247 e. The topological polar surface area (TPSA) is 75.6 Å². The van der Waals surface area contributed by atoms with E-state index in [0.717, 1.165) is 0 Å². The highest BCUT2D eigenvalue weighted by atomic mass is 16.5. The zero-order valence-electron chi connectivity index (χ0n) is 11.8. The van der Waals surface area contributed by atoms with Gasteiger partial charge in [0.1, 0.15) is 11.9 Å². The summed E-state index contributed by atoms with van der Waals surface area (Å²) in [6.07, 6.45) is 1.20. The first-order chi connectivity index (χ1) is 10.6. The summed E-state index contributed by atoms with van der Waals surface area (Å²) in [6.45, 7) is 3.64. The molecule has 0 saturated heterocycles. The van der Waals surface area contributed by atoms with E-state index in [1.165, 1.54) is 0 Å². The quantitative estimate of drug-likeness (QED) is 0.853. The highest BCUT2D eigenvalue weighted by molar-refractivity contribution is 6.02. The number of nitrogens with one attached hydrogen (secondary N) is 1. The molecule has 0 fully saturated rings. The first-order valence-electron chi connectivity index (χ1n) is 6.91. The van der Waals surface area contributed by atoms with E-state index in [0.29, 0.717) is 33.9 Å². The Morgan fingerprint density at radius 2 is 2.05 bits per heavy atom. The number of carbonyl (C=O) groups is 1. The lowest BCUT2D eigenvalue weighted by atomic mass is 10.0. The number of amides is 1. The van der Waals surface area contributed by atoms with Crippen molar-refractivity contribution in [1.82, 2.24) is 5.06 Å². The van der Waals surface area contributed by atoms with Crippen LogP contribution in [0.5, 0.6) is 5.75 Å². The van der Waals surface area contributed by atoms with Crippen molar-refractivity contribution < 1.29 is 9.90 Å². The Morgan fingerprint density at radius 3 is 2.82 bits per heavy atom. The number of hydrogen-bond donors (Lipinski definition) is 2. The molecule has 0 spiro atoms. The Hall–Kier alpha value is -2.79. The van der Waals surface area contributed by atoms with Gasteiger partial charge in [0.15, 0.2) is 0 Å². The van der Waals surface area contributed by atoms with Gasteiger partial charge in [-0.1, -0.05) is 36.4 Å². The van der Waals surface area contributed by atoms with Gasteiger partial charge in [0, 0.05) is 11.3 Å². The second kappa shape index (κ2) is 5.54. The Morgan fingerprint density at radius 1 is 1.27 bits per heavy atom. The molecule has 1 aliphatic heterocycles. The molecule has 0 bridgehead atoms. The smallest absolute Gasteiger partial charge is 0.247 e. The molecule has 2 aromatic rings. The molecule has 0 aromatic heterocycles. The van der Waals surface area contributed by atoms with Crippen LogP contribution in [-0.2, 0) is 6.42 Å². The molecule has 1 aliphatic rings. The number of hydrogen-bond acceptors (Lipinski definition) is 4. The van der Waals surface area contributed by atoms with Gasteiger partial charge in [-0.3, -0.25) is 4.79 Å². The van der Waals surface area contributed by atoms with Gasteiger partial charge < -0.3 is 20.7 Å². The van der Waals surface area contributed by atoms with Crippen molar-refractivity contribution in [1.29, 1.82) is 0 Å². The summed E-state index contributed by atoms with van der Waals surface area (Å²) in [7, 11) is 0. The monoisotopic (exact) mass is 295 g/mol. The average Bonchev–Trinajstić information content (AvgIpc) is 2.53. The van der Waals surface area contributed by atoms with Gasteiger partial charge in [-0.05, 0) is 24.1 Å². The molecule has 1 unspecified atom stereocenters. The summed E-state index contributed by atoms with van der Waals surface area (Å²) in [6, 6.07) is 11.9. The molecule has 1 heterocycles. The van der Waals surface area contributed by atoms with Crippen LogP contribution in [0.1, 0.15) is 27.7 Å². The number of hydroxylamine groups is 2. The standard InChI is InChI=1S/C17H15N2O3/c1-2-6-11-7-5-9-13(15(11)20)16-18-14-10-4-3-8-12(14)17(21)19(16)22/h2-5,7-10,16,18,20H,1,6H2/q-1. The minimum atomic E-state index is -0.952. The van der Waals surface area contributed by atoms with E-state index in [1.54, 1.807) is 48.5 Å². The zero-order valence-corrected chi connectivity index (χ0v) is 11.8. The summed E-state index contributed by atoms with van der Waals surface area (Å²) in [5.41, 5.74) is 1.94. The third-order valence-corrected chi connectivity index (χ3v) is 3.69. The van der Waals surface area contributed by atoms with Crippen LogP contribution in [-0.4, -0.2) is 16.1 Å². The summed E-state index contributed by atoms with van der Waals surface area (Å²) >= 11 is 0. The number of anilines is 1. The largest absolute Gasteiger partial charge is 0.754 e. The van der Waals surface area contributed by atoms with E-state index >= 15 is 0 Å². The van der Waals surface area contributed by atoms with Crippen LogP contribution in [0.3, 0.4) is 0 Å². The fourth-order valence-corrected chi connectivity index (χ4v) is 2.59. The molecular formula is C17H15N2O3-. The van der Waals surface area contributed by atoms with Gasteiger partial charge in [-0.15, -0.1) is 6.58 Å². The number of phenolic OH excluding ortho intramolecular Hbond substituents is 1. The second-order valence-electron chi connectivity index (χ2n) is 5.07. The first kappa shape index (κ1) is 14.2. The van der Waals surface area contributed by atoms with Crippen LogP contribution in [0, 0.1) is 5.21 Å². The molecule has 0 aliphatic carbocycles. The lowest BCUT2D eigenvalue weighted by Crippen LogP contribution is -2.39. The predicted octanol–water partition coefficient (Wildman–Crippen LogP) is 3.19. The maximum atomic E-state index is 12.3. The molecule has 5 nitrogen and oxygen atoms in total. The zero-order chi connectivity index (χ0) is 15.7. The lowest BCUT2D eigenvalue weighted by Gasteiger charge is -2.42. The van der Waals surface area contributed by atoms with Crippen LogP contribution in [0.15, 0.2) is 55.1 Å². The lowest BCUT2D eigenvalue weighted by molar-refractivity contribution is 0.0770. The van der Waals surface area contributed by atoms with E-state index in [9.17, 15) is 15.1 Å². The van der Waals surface area contributed by atoms with Crippen LogP contribution in [0.4, 0.5) is 5.69 Å². The van der Waals surface area contributed by atoms with Gasteiger partial charge in [0.2, 0.25) is 5.91 Å². The van der Waals surface area contributed by atoms with E-state index in [4.69, 9.17) is 0 Å². The molecule has 3 rings (SSSR count). The Balaban J connectivity index is 2.05. The number of para-hydroxylation sites is 2. The Kier molecular flexibility index (Phi) is 3.56. The molecule has 0 radical (unpaired) electrons. The molecule has 0 saturated carbocycles. The van der Waals surface area contributed by atoms with Crippen LogP contribution in [0.2, 0.25) is 0 Å². The van der Waals surface area contributed by atoms with Crippen LogP contribution < -0.4 is 5.32 Å². The molecular weight excluding hydrogens is 280 g/mol. The van der Waals surface area contributed by atoms with E-state index in [2.05, 4.69) is 11.9 Å². The third kappa shape index (κ3) is 2.21. The normalized spacial score (nSPS) is 16.9.